The van der Waals surface area contributed by atoms with Crippen molar-refractivity contribution in [1.82, 2.24) is 10.2 Å². The molecule has 2 aromatic rings. The minimum atomic E-state index is -0.365. The first-order valence-corrected chi connectivity index (χ1v) is 9.09. The van der Waals surface area contributed by atoms with Gasteiger partial charge in [-0.2, -0.15) is 0 Å². The molecule has 3 rings (SSSR count). The third-order valence-electron chi connectivity index (χ3n) is 4.70. The molecular weight excluding hydrogens is 358 g/mol. The number of carbonyl (C=O) groups excluding carboxylic acids is 2. The van der Waals surface area contributed by atoms with E-state index in [2.05, 4.69) is 10.2 Å². The first-order valence-electron chi connectivity index (χ1n) is 9.09. The van der Waals surface area contributed by atoms with Crippen molar-refractivity contribution in [3.8, 4) is 11.5 Å². The Morgan fingerprint density at radius 2 is 1.93 bits per heavy atom. The number of nitrogens with zero attached hydrogens (tertiary/aromatic N) is 2. The first-order chi connectivity index (χ1) is 13.5. The lowest BCUT2D eigenvalue weighted by atomic mass is 10.1. The number of hydrogen-bond acceptors (Lipinski definition) is 6. The summed E-state index contributed by atoms with van der Waals surface area (Å²) in [5, 5.41) is 2.98. The van der Waals surface area contributed by atoms with Crippen LogP contribution in [0.5, 0.6) is 11.5 Å². The lowest BCUT2D eigenvalue weighted by Gasteiger charge is -2.30. The van der Waals surface area contributed by atoms with Crippen molar-refractivity contribution in [3.05, 3.63) is 54.1 Å². The molecule has 0 radical (unpaired) electrons. The molecule has 1 unspecified atom stereocenters. The van der Waals surface area contributed by atoms with Crippen LogP contribution in [-0.4, -0.2) is 57.6 Å². The van der Waals surface area contributed by atoms with E-state index in [0.29, 0.717) is 12.3 Å². The average Bonchev–Trinajstić information content (AvgIpc) is 2.68. The van der Waals surface area contributed by atoms with E-state index in [9.17, 15) is 9.59 Å². The zero-order valence-corrected chi connectivity index (χ0v) is 16.3. The predicted molar refractivity (Wildman–Crippen MR) is 107 cm³/mol. The molecule has 7 nitrogen and oxygen atoms in total. The maximum absolute atomic E-state index is 12.5. The summed E-state index contributed by atoms with van der Waals surface area (Å²) in [5.41, 5.74) is 1.83. The smallest absolute Gasteiger partial charge is 0.331 e. The molecule has 1 N–H and O–H groups in total. The Hall–Kier alpha value is -3.06. The maximum Gasteiger partial charge on any atom is 0.331 e. The third kappa shape index (κ3) is 4.61. The standard InChI is InChI=1S/C21H25N3O4/c1-23(2)18(15-8-10-16(27-3)11-9-15)12-22-20(25)13-24-14-21(26)28-19-7-5-4-6-17(19)24/h4-11,18H,12-14H2,1-3H3,(H,22,25). The summed E-state index contributed by atoms with van der Waals surface area (Å²) in [6, 6.07) is 15.0. The van der Waals surface area contributed by atoms with E-state index in [0.717, 1.165) is 17.0 Å². The number of amides is 1. The Kier molecular flexibility index (Phi) is 6.16. The lowest BCUT2D eigenvalue weighted by molar-refractivity contribution is -0.133. The van der Waals surface area contributed by atoms with Gasteiger partial charge in [0, 0.05) is 6.54 Å². The molecule has 28 heavy (non-hydrogen) atoms. The summed E-state index contributed by atoms with van der Waals surface area (Å²) in [7, 11) is 5.57. The van der Waals surface area contributed by atoms with Gasteiger partial charge in [-0.1, -0.05) is 24.3 Å². The molecule has 0 bridgehead atoms. The van der Waals surface area contributed by atoms with E-state index in [1.54, 1.807) is 24.1 Å². The van der Waals surface area contributed by atoms with Crippen molar-refractivity contribution < 1.29 is 19.1 Å². The van der Waals surface area contributed by atoms with Crippen molar-refractivity contribution in [2.75, 3.05) is 45.7 Å². The van der Waals surface area contributed by atoms with Gasteiger partial charge in [-0.05, 0) is 43.9 Å². The fraction of sp³-hybridized carbons (Fsp3) is 0.333. The van der Waals surface area contributed by atoms with Gasteiger partial charge in [0.1, 0.15) is 12.3 Å². The van der Waals surface area contributed by atoms with Crippen LogP contribution in [0.25, 0.3) is 0 Å². The van der Waals surface area contributed by atoms with Gasteiger partial charge in [-0.25, -0.2) is 4.79 Å². The zero-order chi connectivity index (χ0) is 20.1. The van der Waals surface area contributed by atoms with E-state index in [4.69, 9.17) is 9.47 Å². The van der Waals surface area contributed by atoms with Crippen LogP contribution in [0.15, 0.2) is 48.5 Å². The largest absolute Gasteiger partial charge is 0.497 e. The summed E-state index contributed by atoms with van der Waals surface area (Å²) in [6.07, 6.45) is 0. The molecule has 1 aliphatic rings. The van der Waals surface area contributed by atoms with E-state index in [-0.39, 0.29) is 31.0 Å². The maximum atomic E-state index is 12.5. The van der Waals surface area contributed by atoms with Gasteiger partial charge >= 0.3 is 5.97 Å². The second-order valence-corrected chi connectivity index (χ2v) is 6.85. The number of esters is 1. The van der Waals surface area contributed by atoms with Crippen molar-refractivity contribution in [2.45, 2.75) is 6.04 Å². The van der Waals surface area contributed by atoms with Gasteiger partial charge < -0.3 is 24.6 Å². The van der Waals surface area contributed by atoms with Crippen LogP contribution in [0.3, 0.4) is 0 Å². The van der Waals surface area contributed by atoms with E-state index < -0.39 is 0 Å². The highest BCUT2D eigenvalue weighted by Gasteiger charge is 2.25. The van der Waals surface area contributed by atoms with Crippen molar-refractivity contribution in [1.29, 1.82) is 0 Å². The van der Waals surface area contributed by atoms with Gasteiger partial charge in [-0.3, -0.25) is 4.79 Å². The number of ether oxygens (including phenoxy) is 2. The van der Waals surface area contributed by atoms with Gasteiger partial charge in [0.2, 0.25) is 5.91 Å². The molecule has 0 spiro atoms. The topological polar surface area (TPSA) is 71.1 Å². The highest BCUT2D eigenvalue weighted by molar-refractivity contribution is 5.89. The average molecular weight is 383 g/mol. The normalized spacial score (nSPS) is 14.3. The van der Waals surface area contributed by atoms with E-state index >= 15 is 0 Å². The second-order valence-electron chi connectivity index (χ2n) is 6.85. The van der Waals surface area contributed by atoms with Crippen LogP contribution < -0.4 is 19.7 Å². The number of fused-ring (bicyclic) bond motifs is 1. The Balaban J connectivity index is 1.63. The lowest BCUT2D eigenvalue weighted by Crippen LogP contribution is -2.44. The highest BCUT2D eigenvalue weighted by atomic mass is 16.5. The molecule has 1 amide bonds. The number of rotatable bonds is 7. The van der Waals surface area contributed by atoms with Crippen LogP contribution in [0.4, 0.5) is 5.69 Å². The van der Waals surface area contributed by atoms with Crippen LogP contribution in [0.2, 0.25) is 0 Å². The van der Waals surface area contributed by atoms with Crippen molar-refractivity contribution >= 4 is 17.6 Å². The fourth-order valence-electron chi connectivity index (χ4n) is 3.21. The summed E-state index contributed by atoms with van der Waals surface area (Å²) in [4.78, 5) is 28.1. The summed E-state index contributed by atoms with van der Waals surface area (Å²) < 4.78 is 10.4. The molecule has 0 saturated carbocycles. The summed E-state index contributed by atoms with van der Waals surface area (Å²) in [6.45, 7) is 0.604. The summed E-state index contributed by atoms with van der Waals surface area (Å²) >= 11 is 0. The van der Waals surface area contributed by atoms with Crippen molar-refractivity contribution in [2.24, 2.45) is 0 Å². The molecule has 0 aliphatic carbocycles. The molecule has 0 aromatic heterocycles. The highest BCUT2D eigenvalue weighted by Crippen LogP contribution is 2.31. The van der Waals surface area contributed by atoms with Gasteiger partial charge in [0.05, 0.1) is 25.4 Å². The predicted octanol–water partition coefficient (Wildman–Crippen LogP) is 1.84. The number of hydrogen-bond donors (Lipinski definition) is 1. The quantitative estimate of drug-likeness (QED) is 0.581. The van der Waals surface area contributed by atoms with Crippen LogP contribution in [0.1, 0.15) is 11.6 Å². The molecule has 0 fully saturated rings. The molecular formula is C21H25N3O4. The molecule has 1 heterocycles. The zero-order valence-electron chi connectivity index (χ0n) is 16.3. The number of likely N-dealkylation sites (N-methyl/N-ethyl adjacent to an activating group) is 1. The van der Waals surface area contributed by atoms with Crippen molar-refractivity contribution in [3.63, 3.8) is 0 Å². The number of methoxy groups -OCH3 is 1. The number of benzene rings is 2. The molecule has 148 valence electrons. The molecule has 0 saturated heterocycles. The van der Waals surface area contributed by atoms with Crippen LogP contribution in [-0.2, 0) is 9.59 Å². The Morgan fingerprint density at radius 1 is 1.21 bits per heavy atom. The van der Waals surface area contributed by atoms with Gasteiger partial charge in [0.25, 0.3) is 0 Å². The fourth-order valence-corrected chi connectivity index (χ4v) is 3.21. The summed E-state index contributed by atoms with van der Waals surface area (Å²) in [5.74, 6) is 0.762. The van der Waals surface area contributed by atoms with Gasteiger partial charge in [0.15, 0.2) is 5.75 Å². The third-order valence-corrected chi connectivity index (χ3v) is 4.70. The van der Waals surface area contributed by atoms with Crippen LogP contribution in [0, 0.1) is 0 Å². The van der Waals surface area contributed by atoms with E-state index in [1.807, 2.05) is 50.5 Å². The van der Waals surface area contributed by atoms with Gasteiger partial charge in [-0.15, -0.1) is 0 Å². The first kappa shape index (κ1) is 19.7. The molecule has 1 atom stereocenters. The Labute approximate surface area is 164 Å². The number of carbonyl (C=O) groups is 2. The van der Waals surface area contributed by atoms with Crippen LogP contribution >= 0.6 is 0 Å². The SMILES string of the molecule is COc1ccc(C(CNC(=O)CN2CC(=O)Oc3ccccc32)N(C)C)cc1. The van der Waals surface area contributed by atoms with E-state index in [1.165, 1.54) is 0 Å². The molecule has 2 aromatic carbocycles. The number of anilines is 1. The molecule has 1 aliphatic heterocycles. The Bertz CT molecular complexity index is 836. The second kappa shape index (κ2) is 8.75. The minimum Gasteiger partial charge on any atom is -0.497 e. The monoisotopic (exact) mass is 383 g/mol. The minimum absolute atomic E-state index is 0.0217. The molecule has 7 heteroatoms. The number of nitrogens with one attached hydrogen (secondary N) is 1. The Morgan fingerprint density at radius 3 is 2.61 bits per heavy atom. The number of para-hydroxylation sites is 2.